The van der Waals surface area contributed by atoms with Crippen molar-refractivity contribution in [2.75, 3.05) is 0 Å². The number of aldehydes is 1. The van der Waals surface area contributed by atoms with Gasteiger partial charge in [-0.05, 0) is 45.9 Å². The molecule has 1 nitrogen and oxygen atoms in total. The van der Waals surface area contributed by atoms with E-state index in [0.29, 0.717) is 0 Å². The third kappa shape index (κ3) is 2.09. The van der Waals surface area contributed by atoms with E-state index in [4.69, 9.17) is 0 Å². The van der Waals surface area contributed by atoms with Crippen LogP contribution in [0.5, 0.6) is 0 Å². The number of carbonyl (C=O) groups is 1. The van der Waals surface area contributed by atoms with Crippen molar-refractivity contribution in [3.63, 3.8) is 0 Å². The average Bonchev–Trinajstić information content (AvgIpc) is 2.52. The maximum atomic E-state index is 11.1. The van der Waals surface area contributed by atoms with Crippen LogP contribution in [0, 0.1) is 0 Å². The van der Waals surface area contributed by atoms with Gasteiger partial charge in [-0.2, -0.15) is 0 Å². The Morgan fingerprint density at radius 1 is 1.05 bits per heavy atom. The molecule has 2 aromatic carbocycles. The van der Waals surface area contributed by atoms with Crippen LogP contribution in [0.4, 0.5) is 0 Å². The Labute approximate surface area is 120 Å². The molecule has 102 valence electrons. The van der Waals surface area contributed by atoms with Crippen molar-refractivity contribution >= 4 is 28.7 Å². The molecule has 0 bridgehead atoms. The highest BCUT2D eigenvalue weighted by molar-refractivity contribution is 6.07. The van der Waals surface area contributed by atoms with Gasteiger partial charge in [-0.25, -0.2) is 0 Å². The highest BCUT2D eigenvalue weighted by Gasteiger charge is 2.18. The summed E-state index contributed by atoms with van der Waals surface area (Å²) < 4.78 is 0. The SMILES string of the molecule is C=Cc1ccc2c(C=O)ccc3c2c1C(=C)CC3.CC. The summed E-state index contributed by atoms with van der Waals surface area (Å²) >= 11 is 0. The van der Waals surface area contributed by atoms with Crippen molar-refractivity contribution in [2.45, 2.75) is 26.7 Å². The van der Waals surface area contributed by atoms with Crippen LogP contribution >= 0.6 is 0 Å². The maximum absolute atomic E-state index is 11.1. The lowest BCUT2D eigenvalue weighted by Gasteiger charge is -2.22. The highest BCUT2D eigenvalue weighted by Crippen LogP contribution is 2.38. The molecule has 0 atom stereocenters. The minimum atomic E-state index is 0.750. The molecule has 0 aromatic heterocycles. The van der Waals surface area contributed by atoms with Crippen LogP contribution < -0.4 is 0 Å². The summed E-state index contributed by atoms with van der Waals surface area (Å²) in [4.78, 5) is 11.1. The Morgan fingerprint density at radius 2 is 1.75 bits per heavy atom. The smallest absolute Gasteiger partial charge is 0.150 e. The summed E-state index contributed by atoms with van der Waals surface area (Å²) in [7, 11) is 0. The molecule has 0 saturated heterocycles. The summed E-state index contributed by atoms with van der Waals surface area (Å²) in [6.07, 6.45) is 4.77. The van der Waals surface area contributed by atoms with Gasteiger partial charge in [0.2, 0.25) is 0 Å². The van der Waals surface area contributed by atoms with Gasteiger partial charge in [-0.1, -0.05) is 57.3 Å². The minimum absolute atomic E-state index is 0.750. The van der Waals surface area contributed by atoms with Crippen molar-refractivity contribution < 1.29 is 4.79 Å². The van der Waals surface area contributed by atoms with Crippen LogP contribution in [0.2, 0.25) is 0 Å². The Kier molecular flexibility index (Phi) is 4.19. The molecule has 2 aromatic rings. The van der Waals surface area contributed by atoms with Crippen molar-refractivity contribution in [1.29, 1.82) is 0 Å². The predicted molar refractivity (Wildman–Crippen MR) is 88.1 cm³/mol. The maximum Gasteiger partial charge on any atom is 0.150 e. The van der Waals surface area contributed by atoms with Gasteiger partial charge < -0.3 is 0 Å². The molecule has 0 heterocycles. The fourth-order valence-corrected chi connectivity index (χ4v) is 2.83. The number of benzene rings is 2. The summed E-state index contributed by atoms with van der Waals surface area (Å²) in [5.74, 6) is 0. The molecule has 0 amide bonds. The van der Waals surface area contributed by atoms with E-state index in [1.165, 1.54) is 16.5 Å². The first-order valence-corrected chi connectivity index (χ1v) is 7.10. The van der Waals surface area contributed by atoms with Crippen molar-refractivity contribution in [2.24, 2.45) is 0 Å². The second-order valence-electron chi connectivity index (χ2n) is 4.69. The molecule has 0 radical (unpaired) electrons. The van der Waals surface area contributed by atoms with E-state index < -0.39 is 0 Å². The van der Waals surface area contributed by atoms with E-state index in [-0.39, 0.29) is 0 Å². The zero-order valence-corrected chi connectivity index (χ0v) is 12.2. The summed E-state index contributed by atoms with van der Waals surface area (Å²) in [6.45, 7) is 12.0. The fourth-order valence-electron chi connectivity index (χ4n) is 2.83. The Balaban J connectivity index is 0.000000704. The third-order valence-electron chi connectivity index (χ3n) is 3.73. The van der Waals surface area contributed by atoms with Gasteiger partial charge in [0.05, 0.1) is 0 Å². The van der Waals surface area contributed by atoms with Crippen LogP contribution in [0.25, 0.3) is 22.4 Å². The van der Waals surface area contributed by atoms with Gasteiger partial charge in [0.15, 0.2) is 6.29 Å². The first kappa shape index (κ1) is 14.3. The Morgan fingerprint density at radius 3 is 2.40 bits per heavy atom. The second-order valence-corrected chi connectivity index (χ2v) is 4.69. The lowest BCUT2D eigenvalue weighted by atomic mass is 9.82. The van der Waals surface area contributed by atoms with Gasteiger partial charge in [-0.15, -0.1) is 0 Å². The normalized spacial score (nSPS) is 12.6. The molecular formula is C19H20O. The highest BCUT2D eigenvalue weighted by atomic mass is 16.1. The molecule has 0 unspecified atom stereocenters. The molecule has 3 rings (SSSR count). The molecule has 0 fully saturated rings. The monoisotopic (exact) mass is 264 g/mol. The lowest BCUT2D eigenvalue weighted by Crippen LogP contribution is -2.03. The van der Waals surface area contributed by atoms with Crippen LogP contribution in [0.1, 0.15) is 47.3 Å². The Hall–Kier alpha value is -2.15. The number of carbonyl (C=O) groups excluding carboxylic acids is 1. The van der Waals surface area contributed by atoms with E-state index in [0.717, 1.165) is 41.2 Å². The fraction of sp³-hybridized carbons (Fsp3) is 0.211. The topological polar surface area (TPSA) is 17.1 Å². The predicted octanol–water partition coefficient (Wildman–Crippen LogP) is 5.28. The van der Waals surface area contributed by atoms with Gasteiger partial charge in [0.1, 0.15) is 0 Å². The zero-order valence-electron chi connectivity index (χ0n) is 12.2. The molecule has 1 aliphatic rings. The van der Waals surface area contributed by atoms with Crippen LogP contribution in [-0.2, 0) is 6.42 Å². The molecule has 20 heavy (non-hydrogen) atoms. The minimum Gasteiger partial charge on any atom is -0.298 e. The van der Waals surface area contributed by atoms with Gasteiger partial charge in [0.25, 0.3) is 0 Å². The molecule has 0 saturated carbocycles. The van der Waals surface area contributed by atoms with Crippen molar-refractivity contribution in [3.05, 3.63) is 59.7 Å². The first-order chi connectivity index (χ1) is 9.76. The number of allylic oxidation sites excluding steroid dienone is 1. The summed E-state index contributed by atoms with van der Waals surface area (Å²) in [5, 5.41) is 2.22. The first-order valence-electron chi connectivity index (χ1n) is 7.10. The number of hydrogen-bond acceptors (Lipinski definition) is 1. The molecule has 0 N–H and O–H groups in total. The Bertz CT molecular complexity index is 692. The van der Waals surface area contributed by atoms with E-state index in [9.17, 15) is 4.79 Å². The van der Waals surface area contributed by atoms with Crippen LogP contribution in [-0.4, -0.2) is 6.29 Å². The summed E-state index contributed by atoms with van der Waals surface area (Å²) in [5.41, 5.74) is 5.48. The number of rotatable bonds is 2. The molecule has 1 heteroatoms. The average molecular weight is 264 g/mol. The molecule has 1 aliphatic carbocycles. The molecule has 0 spiro atoms. The largest absolute Gasteiger partial charge is 0.298 e. The zero-order chi connectivity index (χ0) is 14.7. The van der Waals surface area contributed by atoms with Crippen molar-refractivity contribution in [1.82, 2.24) is 0 Å². The summed E-state index contributed by atoms with van der Waals surface area (Å²) in [6, 6.07) is 8.02. The quantitative estimate of drug-likeness (QED) is 0.674. The van der Waals surface area contributed by atoms with Crippen LogP contribution in [0.15, 0.2) is 37.4 Å². The van der Waals surface area contributed by atoms with Crippen molar-refractivity contribution in [3.8, 4) is 0 Å². The van der Waals surface area contributed by atoms with E-state index in [1.54, 1.807) is 0 Å². The third-order valence-corrected chi connectivity index (χ3v) is 3.73. The number of hydrogen-bond donors (Lipinski definition) is 0. The molecule has 0 aliphatic heterocycles. The lowest BCUT2D eigenvalue weighted by molar-refractivity contribution is 0.112. The van der Waals surface area contributed by atoms with Gasteiger partial charge in [-0.3, -0.25) is 4.79 Å². The van der Waals surface area contributed by atoms with E-state index in [1.807, 2.05) is 38.1 Å². The van der Waals surface area contributed by atoms with E-state index >= 15 is 0 Å². The standard InChI is InChI=1S/C17H14O.C2H6/c1-3-12-8-9-15-14(10-18)7-6-13-5-4-11(2)16(12)17(13)15;1-2/h3,6-10H,1-2,4-5H2;1-2H3. The number of aryl methyl sites for hydroxylation is 1. The van der Waals surface area contributed by atoms with E-state index in [2.05, 4.69) is 19.2 Å². The second kappa shape index (κ2) is 5.87. The molecular weight excluding hydrogens is 244 g/mol. The van der Waals surface area contributed by atoms with Gasteiger partial charge in [0, 0.05) is 5.56 Å². The van der Waals surface area contributed by atoms with Crippen LogP contribution in [0.3, 0.4) is 0 Å². The van der Waals surface area contributed by atoms with Gasteiger partial charge >= 0.3 is 0 Å².